The van der Waals surface area contributed by atoms with Crippen LogP contribution in [0.1, 0.15) is 36.0 Å². The van der Waals surface area contributed by atoms with Crippen molar-refractivity contribution in [2.75, 3.05) is 23.9 Å². The molecule has 1 heterocycles. The minimum absolute atomic E-state index is 0.0646. The Morgan fingerprint density at radius 3 is 2.52 bits per heavy atom. The summed E-state index contributed by atoms with van der Waals surface area (Å²) in [5.74, 6) is -1.72. The monoisotopic (exact) mass is 473 g/mol. The molecular formula is C22H23N3O7S. The minimum Gasteiger partial charge on any atom is -0.496 e. The SMILES string of the molecule is COc1ccc(S(N)(=O)=O)cc1C(=O)OCC(=O)N1c2ccccc2NC(=O)C12CCCC2. The Labute approximate surface area is 190 Å². The Bertz CT molecular complexity index is 1240. The number of amides is 2. The number of anilines is 2. The molecule has 33 heavy (non-hydrogen) atoms. The smallest absolute Gasteiger partial charge is 0.342 e. The Hall–Kier alpha value is -3.44. The number of hydrogen-bond donors (Lipinski definition) is 2. The Kier molecular flexibility index (Phi) is 5.85. The third-order valence-electron chi connectivity index (χ3n) is 5.97. The second-order valence-electron chi connectivity index (χ2n) is 7.92. The second-order valence-corrected chi connectivity index (χ2v) is 9.48. The zero-order valence-electron chi connectivity index (χ0n) is 17.9. The first kappa shape index (κ1) is 22.7. The van der Waals surface area contributed by atoms with E-state index in [1.54, 1.807) is 24.3 Å². The molecule has 10 nitrogen and oxygen atoms in total. The number of nitrogens with zero attached hydrogens (tertiary/aromatic N) is 1. The summed E-state index contributed by atoms with van der Waals surface area (Å²) in [5.41, 5.74) is -0.191. The van der Waals surface area contributed by atoms with Gasteiger partial charge in [-0.25, -0.2) is 18.4 Å². The predicted octanol–water partition coefficient (Wildman–Crippen LogP) is 1.80. The molecule has 0 radical (unpaired) electrons. The lowest BCUT2D eigenvalue weighted by molar-refractivity contribution is -0.129. The van der Waals surface area contributed by atoms with Gasteiger partial charge < -0.3 is 14.8 Å². The molecule has 3 N–H and O–H groups in total. The quantitative estimate of drug-likeness (QED) is 0.630. The number of para-hydroxylation sites is 2. The average molecular weight is 474 g/mol. The number of benzene rings is 2. The van der Waals surface area contributed by atoms with Crippen LogP contribution in [0.5, 0.6) is 5.75 Å². The van der Waals surface area contributed by atoms with E-state index in [0.29, 0.717) is 24.2 Å². The molecule has 1 fully saturated rings. The van der Waals surface area contributed by atoms with Crippen molar-refractivity contribution in [3.05, 3.63) is 48.0 Å². The predicted molar refractivity (Wildman–Crippen MR) is 118 cm³/mol. The molecule has 11 heteroatoms. The van der Waals surface area contributed by atoms with Crippen LogP contribution in [0.15, 0.2) is 47.4 Å². The first-order valence-electron chi connectivity index (χ1n) is 10.3. The van der Waals surface area contributed by atoms with E-state index in [0.717, 1.165) is 18.9 Å². The second kappa shape index (κ2) is 8.49. The van der Waals surface area contributed by atoms with Crippen LogP contribution in [0.4, 0.5) is 11.4 Å². The van der Waals surface area contributed by atoms with Crippen LogP contribution >= 0.6 is 0 Å². The van der Waals surface area contributed by atoms with Crippen LogP contribution in [-0.4, -0.2) is 45.5 Å². The van der Waals surface area contributed by atoms with Crippen LogP contribution < -0.4 is 20.1 Å². The number of carbonyl (C=O) groups excluding carboxylic acids is 3. The van der Waals surface area contributed by atoms with E-state index in [1.165, 1.54) is 24.1 Å². The van der Waals surface area contributed by atoms with Crippen molar-refractivity contribution in [2.45, 2.75) is 36.1 Å². The van der Waals surface area contributed by atoms with Crippen molar-refractivity contribution in [1.29, 1.82) is 0 Å². The summed E-state index contributed by atoms with van der Waals surface area (Å²) in [4.78, 5) is 40.1. The fraction of sp³-hybridized carbons (Fsp3) is 0.318. The third kappa shape index (κ3) is 4.05. The highest BCUT2D eigenvalue weighted by atomic mass is 32.2. The van der Waals surface area contributed by atoms with Gasteiger partial charge >= 0.3 is 5.97 Å². The molecule has 0 saturated heterocycles. The third-order valence-corrected chi connectivity index (χ3v) is 6.88. The van der Waals surface area contributed by atoms with Crippen LogP contribution in [0.2, 0.25) is 0 Å². The molecule has 174 valence electrons. The summed E-state index contributed by atoms with van der Waals surface area (Å²) in [7, 11) is -2.76. The van der Waals surface area contributed by atoms with Gasteiger partial charge in [0.1, 0.15) is 16.9 Å². The summed E-state index contributed by atoms with van der Waals surface area (Å²) in [6.07, 6.45) is 2.57. The zero-order chi connectivity index (χ0) is 23.8. The van der Waals surface area contributed by atoms with Gasteiger partial charge in [-0.2, -0.15) is 0 Å². The molecule has 2 amide bonds. The number of methoxy groups -OCH3 is 1. The van der Waals surface area contributed by atoms with E-state index >= 15 is 0 Å². The highest BCUT2D eigenvalue weighted by Gasteiger charge is 2.52. The topological polar surface area (TPSA) is 145 Å². The van der Waals surface area contributed by atoms with Gasteiger partial charge in [-0.3, -0.25) is 14.5 Å². The Morgan fingerprint density at radius 1 is 1.15 bits per heavy atom. The van der Waals surface area contributed by atoms with Crippen LogP contribution in [0.25, 0.3) is 0 Å². The van der Waals surface area contributed by atoms with Crippen molar-refractivity contribution >= 4 is 39.2 Å². The molecule has 1 spiro atoms. The maximum Gasteiger partial charge on any atom is 0.342 e. The number of rotatable bonds is 5. The van der Waals surface area contributed by atoms with Gasteiger partial charge in [-0.15, -0.1) is 0 Å². The lowest BCUT2D eigenvalue weighted by Crippen LogP contribution is -2.61. The van der Waals surface area contributed by atoms with Gasteiger partial charge in [0.2, 0.25) is 10.0 Å². The van der Waals surface area contributed by atoms with Gasteiger partial charge in [-0.1, -0.05) is 25.0 Å². The van der Waals surface area contributed by atoms with Crippen molar-refractivity contribution in [3.8, 4) is 5.75 Å². The molecule has 1 aliphatic heterocycles. The highest BCUT2D eigenvalue weighted by molar-refractivity contribution is 7.89. The fourth-order valence-electron chi connectivity index (χ4n) is 4.42. The molecule has 1 saturated carbocycles. The number of fused-ring (bicyclic) bond motifs is 1. The first-order chi connectivity index (χ1) is 15.7. The summed E-state index contributed by atoms with van der Waals surface area (Å²) >= 11 is 0. The summed E-state index contributed by atoms with van der Waals surface area (Å²) in [6.45, 7) is -0.648. The Morgan fingerprint density at radius 2 is 1.85 bits per heavy atom. The van der Waals surface area contributed by atoms with Crippen molar-refractivity contribution < 1.29 is 32.3 Å². The van der Waals surface area contributed by atoms with E-state index in [9.17, 15) is 22.8 Å². The largest absolute Gasteiger partial charge is 0.496 e. The van der Waals surface area contributed by atoms with Crippen molar-refractivity contribution in [1.82, 2.24) is 0 Å². The summed E-state index contributed by atoms with van der Waals surface area (Å²) < 4.78 is 33.7. The molecule has 2 aliphatic rings. The summed E-state index contributed by atoms with van der Waals surface area (Å²) in [5, 5.41) is 8.02. The molecule has 1 aliphatic carbocycles. The number of sulfonamides is 1. The number of hydrogen-bond acceptors (Lipinski definition) is 7. The number of carbonyl (C=O) groups is 3. The van der Waals surface area contributed by atoms with Gasteiger partial charge in [0.15, 0.2) is 6.61 Å². The maximum absolute atomic E-state index is 13.3. The van der Waals surface area contributed by atoms with Crippen LogP contribution in [0.3, 0.4) is 0 Å². The van der Waals surface area contributed by atoms with E-state index in [1.807, 2.05) is 0 Å². The van der Waals surface area contributed by atoms with Gasteiger partial charge in [-0.05, 0) is 43.2 Å². The minimum atomic E-state index is -4.07. The van der Waals surface area contributed by atoms with E-state index in [4.69, 9.17) is 14.6 Å². The summed E-state index contributed by atoms with van der Waals surface area (Å²) in [6, 6.07) is 10.4. The van der Waals surface area contributed by atoms with Crippen molar-refractivity contribution in [2.24, 2.45) is 5.14 Å². The normalized spacial score (nSPS) is 16.8. The van der Waals surface area contributed by atoms with E-state index < -0.39 is 34.0 Å². The molecule has 2 aromatic carbocycles. The molecule has 0 aromatic heterocycles. The molecule has 0 bridgehead atoms. The van der Waals surface area contributed by atoms with Gasteiger partial charge in [0, 0.05) is 0 Å². The lowest BCUT2D eigenvalue weighted by Gasteiger charge is -2.44. The molecular weight excluding hydrogens is 450 g/mol. The fourth-order valence-corrected chi connectivity index (χ4v) is 4.96. The standard InChI is InChI=1S/C22H23N3O7S/c1-31-18-9-8-14(33(23,29)30)12-15(18)20(27)32-13-19(26)25-17-7-3-2-6-16(17)24-21(28)22(25)10-4-5-11-22/h2-3,6-9,12H,4-5,10-11,13H2,1H3,(H,24,28)(H2,23,29,30). The zero-order valence-corrected chi connectivity index (χ0v) is 18.7. The first-order valence-corrected chi connectivity index (χ1v) is 11.8. The molecule has 2 aromatic rings. The lowest BCUT2D eigenvalue weighted by atomic mass is 9.90. The van der Waals surface area contributed by atoms with E-state index in [-0.39, 0.29) is 22.1 Å². The number of ether oxygens (including phenoxy) is 2. The molecule has 0 unspecified atom stereocenters. The van der Waals surface area contributed by atoms with Crippen LogP contribution in [0, 0.1) is 0 Å². The highest BCUT2D eigenvalue weighted by Crippen LogP contribution is 2.45. The van der Waals surface area contributed by atoms with E-state index in [2.05, 4.69) is 5.32 Å². The number of nitrogens with two attached hydrogens (primary N) is 1. The number of nitrogens with one attached hydrogen (secondary N) is 1. The Balaban J connectivity index is 1.61. The van der Waals surface area contributed by atoms with Crippen LogP contribution in [-0.2, 0) is 24.3 Å². The molecule has 0 atom stereocenters. The number of esters is 1. The average Bonchev–Trinajstić information content (AvgIpc) is 3.27. The molecule has 4 rings (SSSR count). The van der Waals surface area contributed by atoms with Crippen molar-refractivity contribution in [3.63, 3.8) is 0 Å². The number of primary sulfonamides is 1. The maximum atomic E-state index is 13.3. The van der Waals surface area contributed by atoms with Gasteiger partial charge in [0.25, 0.3) is 11.8 Å². The van der Waals surface area contributed by atoms with Gasteiger partial charge in [0.05, 0.1) is 23.4 Å².